The lowest BCUT2D eigenvalue weighted by atomic mass is 9.93. The smallest absolute Gasteiger partial charge is 0.277 e. The van der Waals surface area contributed by atoms with Crippen molar-refractivity contribution in [1.29, 1.82) is 0 Å². The number of carbonyl (C=O) groups excluding carboxylic acids is 2. The number of aromatic nitrogens is 2. The van der Waals surface area contributed by atoms with Crippen molar-refractivity contribution in [2.24, 2.45) is 0 Å². The molecule has 0 saturated carbocycles. The zero-order valence-corrected chi connectivity index (χ0v) is 19.7. The van der Waals surface area contributed by atoms with Gasteiger partial charge in [-0.05, 0) is 50.1 Å². The summed E-state index contributed by atoms with van der Waals surface area (Å²) < 4.78 is 6.72. The van der Waals surface area contributed by atoms with Crippen molar-refractivity contribution in [2.75, 3.05) is 25.2 Å². The molecule has 7 nitrogen and oxygen atoms in total. The molecule has 2 heterocycles. The Balaban J connectivity index is 1.77. The van der Waals surface area contributed by atoms with Gasteiger partial charge in [-0.1, -0.05) is 41.9 Å². The number of aryl methyl sites for hydroxylation is 1. The van der Waals surface area contributed by atoms with Crippen LogP contribution >= 0.6 is 11.6 Å². The van der Waals surface area contributed by atoms with Crippen LogP contribution in [0.4, 0.5) is 5.69 Å². The van der Waals surface area contributed by atoms with Crippen LogP contribution in [0.15, 0.2) is 54.6 Å². The Morgan fingerprint density at radius 3 is 2.67 bits per heavy atom. The van der Waals surface area contributed by atoms with E-state index in [4.69, 9.17) is 16.3 Å². The number of hydrogen-bond donors (Lipinski definition) is 1. The molecule has 1 N–H and O–H groups in total. The molecule has 0 aliphatic carbocycles. The van der Waals surface area contributed by atoms with E-state index < -0.39 is 5.54 Å². The summed E-state index contributed by atoms with van der Waals surface area (Å²) in [6.07, 6.45) is 0.678. The number of fused-ring (bicyclic) bond motifs is 1. The molecule has 2 aromatic carbocycles. The molecule has 1 aliphatic heterocycles. The van der Waals surface area contributed by atoms with E-state index in [0.717, 1.165) is 11.1 Å². The number of nitrogens with one attached hydrogen (secondary N) is 1. The molecule has 0 spiro atoms. The van der Waals surface area contributed by atoms with Gasteiger partial charge in [0.2, 0.25) is 5.91 Å². The summed E-state index contributed by atoms with van der Waals surface area (Å²) >= 11 is 6.17. The zero-order valence-electron chi connectivity index (χ0n) is 19.0. The molecule has 0 unspecified atom stereocenters. The molecule has 1 aliphatic rings. The number of hydrogen-bond acceptors (Lipinski definition) is 4. The van der Waals surface area contributed by atoms with Crippen LogP contribution in [0.2, 0.25) is 5.02 Å². The highest BCUT2D eigenvalue weighted by molar-refractivity contribution is 6.30. The van der Waals surface area contributed by atoms with Gasteiger partial charge in [-0.3, -0.25) is 19.2 Å². The van der Waals surface area contributed by atoms with Crippen molar-refractivity contribution in [3.8, 4) is 11.3 Å². The molecule has 1 aromatic heterocycles. The summed E-state index contributed by atoms with van der Waals surface area (Å²) in [5, 5.41) is 8.21. The van der Waals surface area contributed by atoms with E-state index in [1.54, 1.807) is 47.9 Å². The monoisotopic (exact) mass is 466 g/mol. The molecule has 3 aromatic rings. The summed E-state index contributed by atoms with van der Waals surface area (Å²) in [6.45, 7) is 4.87. The molecule has 0 saturated heterocycles. The Labute approximate surface area is 198 Å². The van der Waals surface area contributed by atoms with E-state index in [2.05, 4.69) is 10.4 Å². The second-order valence-corrected chi connectivity index (χ2v) is 8.82. The Morgan fingerprint density at radius 2 is 1.97 bits per heavy atom. The third-order valence-corrected chi connectivity index (χ3v) is 6.16. The first kappa shape index (κ1) is 23.0. The van der Waals surface area contributed by atoms with Gasteiger partial charge in [-0.25, -0.2) is 0 Å². The minimum absolute atomic E-state index is 0.221. The maximum atomic E-state index is 13.8. The fourth-order valence-electron chi connectivity index (χ4n) is 4.19. The molecule has 8 heteroatoms. The number of carbonyl (C=O) groups is 2. The maximum absolute atomic E-state index is 13.8. The lowest BCUT2D eigenvalue weighted by molar-refractivity contribution is -0.126. The van der Waals surface area contributed by atoms with Crippen LogP contribution < -0.4 is 10.2 Å². The standard InChI is InChI=1S/C25H27ClN4O3/c1-17-14-19(26)10-11-21(17)30-23(31)22-15-20(18-8-5-4-6-9-18)28-29(22)16-25(30,2)24(32)27-12-7-13-33-3/h4-6,8-11,14-15H,7,12-13,16H2,1-3H3,(H,27,32)/t25-/m1/s1. The summed E-state index contributed by atoms with van der Waals surface area (Å²) in [5.41, 5.74) is 2.31. The Kier molecular flexibility index (Phi) is 6.54. The molecule has 33 heavy (non-hydrogen) atoms. The summed E-state index contributed by atoms with van der Waals surface area (Å²) in [6, 6.07) is 16.8. The van der Waals surface area contributed by atoms with Crippen molar-refractivity contribution in [3.63, 3.8) is 0 Å². The van der Waals surface area contributed by atoms with Crippen molar-refractivity contribution < 1.29 is 14.3 Å². The predicted molar refractivity (Wildman–Crippen MR) is 129 cm³/mol. The number of anilines is 1. The van der Waals surface area contributed by atoms with Crippen LogP contribution in [-0.4, -0.2) is 47.4 Å². The molecule has 1 atom stereocenters. The fourth-order valence-corrected chi connectivity index (χ4v) is 4.41. The van der Waals surface area contributed by atoms with E-state index in [0.29, 0.717) is 41.7 Å². The molecular weight excluding hydrogens is 440 g/mol. The van der Waals surface area contributed by atoms with Gasteiger partial charge in [0.1, 0.15) is 11.2 Å². The topological polar surface area (TPSA) is 76.5 Å². The van der Waals surface area contributed by atoms with Gasteiger partial charge >= 0.3 is 0 Å². The molecule has 0 bridgehead atoms. The lowest BCUT2D eigenvalue weighted by Gasteiger charge is -2.43. The minimum atomic E-state index is -1.18. The quantitative estimate of drug-likeness (QED) is 0.532. The van der Waals surface area contributed by atoms with E-state index in [-0.39, 0.29) is 18.4 Å². The van der Waals surface area contributed by atoms with Gasteiger partial charge in [0.25, 0.3) is 5.91 Å². The van der Waals surface area contributed by atoms with Gasteiger partial charge in [0, 0.05) is 36.5 Å². The maximum Gasteiger partial charge on any atom is 0.277 e. The Bertz CT molecular complexity index is 1180. The highest BCUT2D eigenvalue weighted by atomic mass is 35.5. The largest absolute Gasteiger partial charge is 0.385 e. The molecule has 172 valence electrons. The van der Waals surface area contributed by atoms with Crippen LogP contribution in [0, 0.1) is 6.92 Å². The van der Waals surface area contributed by atoms with Crippen molar-refractivity contribution in [2.45, 2.75) is 32.4 Å². The SMILES string of the molecule is COCCCNC(=O)[C@@]1(C)Cn2nc(-c3ccccc3)cc2C(=O)N1c1ccc(Cl)cc1C. The second kappa shape index (κ2) is 9.37. The number of nitrogens with zero attached hydrogens (tertiary/aromatic N) is 3. The average Bonchev–Trinajstić information content (AvgIpc) is 3.22. The normalized spacial score (nSPS) is 17.7. The first-order valence-corrected chi connectivity index (χ1v) is 11.2. The van der Waals surface area contributed by atoms with E-state index in [1.165, 1.54) is 0 Å². The average molecular weight is 467 g/mol. The predicted octanol–water partition coefficient (Wildman–Crippen LogP) is 4.08. The van der Waals surface area contributed by atoms with Crippen LogP contribution in [0.25, 0.3) is 11.3 Å². The Morgan fingerprint density at radius 1 is 1.21 bits per heavy atom. The molecule has 2 amide bonds. The molecule has 4 rings (SSSR count). The number of methoxy groups -OCH3 is 1. The molecular formula is C25H27ClN4O3. The van der Waals surface area contributed by atoms with Gasteiger partial charge in [0.15, 0.2) is 0 Å². The number of benzene rings is 2. The first-order chi connectivity index (χ1) is 15.8. The van der Waals surface area contributed by atoms with Crippen molar-refractivity contribution >= 4 is 29.1 Å². The van der Waals surface area contributed by atoms with Gasteiger partial charge in [0.05, 0.1) is 12.2 Å². The first-order valence-electron chi connectivity index (χ1n) is 10.9. The van der Waals surface area contributed by atoms with Crippen LogP contribution in [0.1, 0.15) is 29.4 Å². The zero-order chi connectivity index (χ0) is 23.6. The fraction of sp³-hybridized carbons (Fsp3) is 0.320. The number of ether oxygens (including phenoxy) is 1. The lowest BCUT2D eigenvalue weighted by Crippen LogP contribution is -2.64. The van der Waals surface area contributed by atoms with E-state index >= 15 is 0 Å². The second-order valence-electron chi connectivity index (χ2n) is 8.39. The van der Waals surface area contributed by atoms with Gasteiger partial charge < -0.3 is 10.1 Å². The molecule has 0 fully saturated rings. The highest BCUT2D eigenvalue weighted by Gasteiger charge is 2.49. The summed E-state index contributed by atoms with van der Waals surface area (Å²) in [7, 11) is 1.62. The van der Waals surface area contributed by atoms with Crippen LogP contribution in [0.5, 0.6) is 0 Å². The number of halogens is 1. The highest BCUT2D eigenvalue weighted by Crippen LogP contribution is 2.36. The van der Waals surface area contributed by atoms with Crippen LogP contribution in [-0.2, 0) is 16.1 Å². The van der Waals surface area contributed by atoms with Crippen molar-refractivity contribution in [3.05, 3.63) is 70.9 Å². The third-order valence-electron chi connectivity index (χ3n) is 5.92. The number of amides is 2. The third kappa shape index (κ3) is 4.38. The Hall–Kier alpha value is -3.16. The van der Waals surface area contributed by atoms with Crippen LogP contribution in [0.3, 0.4) is 0 Å². The van der Waals surface area contributed by atoms with E-state index in [1.807, 2.05) is 37.3 Å². The minimum Gasteiger partial charge on any atom is -0.385 e. The summed E-state index contributed by atoms with van der Waals surface area (Å²) in [4.78, 5) is 28.9. The molecule has 0 radical (unpaired) electrons. The summed E-state index contributed by atoms with van der Waals surface area (Å²) in [5.74, 6) is -0.528. The van der Waals surface area contributed by atoms with Gasteiger partial charge in [-0.15, -0.1) is 0 Å². The van der Waals surface area contributed by atoms with Gasteiger partial charge in [-0.2, -0.15) is 5.10 Å². The van der Waals surface area contributed by atoms with Crippen molar-refractivity contribution in [1.82, 2.24) is 15.1 Å². The van der Waals surface area contributed by atoms with E-state index in [9.17, 15) is 9.59 Å². The number of rotatable bonds is 7.